The predicted molar refractivity (Wildman–Crippen MR) is 81.9 cm³/mol. The zero-order valence-electron chi connectivity index (χ0n) is 11.6. The molecule has 114 valence electrons. The number of halogens is 1. The summed E-state index contributed by atoms with van der Waals surface area (Å²) in [5.74, 6) is -1.15. The Hall–Kier alpha value is -0.480. The zero-order valence-corrected chi connectivity index (χ0v) is 14.8. The fourth-order valence-corrected chi connectivity index (χ4v) is 4.75. The number of carboxylic acids is 1. The Morgan fingerprint density at radius 3 is 2.45 bits per heavy atom. The molecule has 20 heavy (non-hydrogen) atoms. The molecule has 1 aromatic heterocycles. The Kier molecular flexibility index (Phi) is 5.36. The second-order valence-corrected chi connectivity index (χ2v) is 9.19. The van der Waals surface area contributed by atoms with E-state index in [2.05, 4.69) is 20.7 Å². The SMILES string of the molecule is CN(C)C(C)(C)CNS(=O)(=O)c1cc(C(=O)O)sc1Br. The van der Waals surface area contributed by atoms with E-state index in [1.54, 1.807) is 0 Å². The summed E-state index contributed by atoms with van der Waals surface area (Å²) in [6, 6.07) is 1.15. The van der Waals surface area contributed by atoms with Crippen molar-refractivity contribution >= 4 is 43.3 Å². The lowest BCUT2D eigenvalue weighted by Crippen LogP contribution is -2.48. The van der Waals surface area contributed by atoms with Gasteiger partial charge in [0.1, 0.15) is 9.77 Å². The minimum absolute atomic E-state index is 0.0240. The van der Waals surface area contributed by atoms with Crippen LogP contribution in [0.2, 0.25) is 0 Å². The molecule has 0 fully saturated rings. The lowest BCUT2D eigenvalue weighted by atomic mass is 10.1. The molecule has 0 aliphatic rings. The van der Waals surface area contributed by atoms with E-state index in [0.717, 1.165) is 17.4 Å². The summed E-state index contributed by atoms with van der Waals surface area (Å²) in [7, 11) is -0.0299. The van der Waals surface area contributed by atoms with Crippen LogP contribution in [0.3, 0.4) is 0 Å². The first-order valence-corrected chi connectivity index (χ1v) is 8.76. The number of carbonyl (C=O) groups is 1. The van der Waals surface area contributed by atoms with Crippen LogP contribution >= 0.6 is 27.3 Å². The molecule has 0 radical (unpaired) electrons. The molecule has 9 heteroatoms. The number of hydrogen-bond acceptors (Lipinski definition) is 5. The van der Waals surface area contributed by atoms with E-state index < -0.39 is 16.0 Å². The molecule has 0 amide bonds. The maximum absolute atomic E-state index is 12.2. The maximum atomic E-state index is 12.2. The summed E-state index contributed by atoms with van der Waals surface area (Å²) in [6.45, 7) is 4.02. The van der Waals surface area contributed by atoms with Gasteiger partial charge in [-0.3, -0.25) is 0 Å². The Morgan fingerprint density at radius 2 is 2.05 bits per heavy atom. The molecule has 0 bridgehead atoms. The predicted octanol–water partition coefficient (Wildman–Crippen LogP) is 1.83. The van der Waals surface area contributed by atoms with Gasteiger partial charge in [0.2, 0.25) is 10.0 Å². The van der Waals surface area contributed by atoms with Gasteiger partial charge in [0.15, 0.2) is 0 Å². The summed E-state index contributed by atoms with van der Waals surface area (Å²) in [5.41, 5.74) is -0.356. The van der Waals surface area contributed by atoms with Gasteiger partial charge in [0.25, 0.3) is 0 Å². The van der Waals surface area contributed by atoms with Crippen molar-refractivity contribution in [3.63, 3.8) is 0 Å². The van der Waals surface area contributed by atoms with Gasteiger partial charge in [-0.25, -0.2) is 17.9 Å². The summed E-state index contributed by atoms with van der Waals surface area (Å²) in [5, 5.41) is 8.89. The largest absolute Gasteiger partial charge is 0.477 e. The first-order valence-electron chi connectivity index (χ1n) is 5.67. The average Bonchev–Trinajstić information content (AvgIpc) is 2.70. The van der Waals surface area contributed by atoms with Crippen molar-refractivity contribution in [2.75, 3.05) is 20.6 Å². The first kappa shape index (κ1) is 17.6. The van der Waals surface area contributed by atoms with Gasteiger partial charge < -0.3 is 10.0 Å². The number of hydrogen-bond donors (Lipinski definition) is 2. The van der Waals surface area contributed by atoms with E-state index in [-0.39, 0.29) is 25.6 Å². The number of carboxylic acid groups (broad SMARTS) is 1. The number of nitrogens with one attached hydrogen (secondary N) is 1. The molecular formula is C11H17BrN2O4S2. The van der Waals surface area contributed by atoms with Crippen molar-refractivity contribution in [2.45, 2.75) is 24.3 Å². The van der Waals surface area contributed by atoms with E-state index in [4.69, 9.17) is 5.11 Å². The minimum atomic E-state index is -3.75. The van der Waals surface area contributed by atoms with Crippen LogP contribution in [-0.4, -0.2) is 50.6 Å². The van der Waals surface area contributed by atoms with Gasteiger partial charge in [-0.1, -0.05) is 0 Å². The second kappa shape index (κ2) is 6.10. The molecule has 0 saturated carbocycles. The van der Waals surface area contributed by atoms with Crippen LogP contribution in [0.1, 0.15) is 23.5 Å². The van der Waals surface area contributed by atoms with Gasteiger partial charge in [0.05, 0.1) is 3.79 Å². The normalized spacial score (nSPS) is 12.9. The Morgan fingerprint density at radius 1 is 1.50 bits per heavy atom. The number of aromatic carboxylic acids is 1. The third kappa shape index (κ3) is 4.01. The highest BCUT2D eigenvalue weighted by Crippen LogP contribution is 2.31. The van der Waals surface area contributed by atoms with Gasteiger partial charge in [-0.2, -0.15) is 0 Å². The molecule has 0 unspecified atom stereocenters. The van der Waals surface area contributed by atoms with E-state index >= 15 is 0 Å². The van der Waals surface area contributed by atoms with Gasteiger partial charge in [-0.05, 0) is 49.9 Å². The van der Waals surface area contributed by atoms with Crippen molar-refractivity contribution < 1.29 is 18.3 Å². The highest BCUT2D eigenvalue weighted by Gasteiger charge is 2.27. The summed E-state index contributed by atoms with van der Waals surface area (Å²) in [6.07, 6.45) is 0. The van der Waals surface area contributed by atoms with Gasteiger partial charge in [0, 0.05) is 12.1 Å². The molecule has 0 spiro atoms. The Labute approximate surface area is 131 Å². The Bertz CT molecular complexity index is 608. The van der Waals surface area contributed by atoms with Gasteiger partial charge >= 0.3 is 5.97 Å². The molecule has 0 aliphatic heterocycles. The van der Waals surface area contributed by atoms with Gasteiger partial charge in [-0.15, -0.1) is 11.3 Å². The monoisotopic (exact) mass is 384 g/mol. The summed E-state index contributed by atoms with van der Waals surface area (Å²) >= 11 is 3.97. The van der Waals surface area contributed by atoms with Crippen molar-refractivity contribution in [3.8, 4) is 0 Å². The smallest absolute Gasteiger partial charge is 0.345 e. The number of sulfonamides is 1. The lowest BCUT2D eigenvalue weighted by Gasteiger charge is -2.32. The lowest BCUT2D eigenvalue weighted by molar-refractivity contribution is 0.0702. The molecule has 0 saturated heterocycles. The molecule has 1 aromatic rings. The maximum Gasteiger partial charge on any atom is 0.345 e. The topological polar surface area (TPSA) is 86.7 Å². The fraction of sp³-hybridized carbons (Fsp3) is 0.545. The average molecular weight is 385 g/mol. The van der Waals surface area contributed by atoms with E-state index in [1.165, 1.54) is 0 Å². The number of thiophene rings is 1. The van der Waals surface area contributed by atoms with Crippen LogP contribution in [-0.2, 0) is 10.0 Å². The fourth-order valence-electron chi connectivity index (χ4n) is 1.15. The first-order chi connectivity index (χ1) is 8.97. The number of nitrogens with zero attached hydrogens (tertiary/aromatic N) is 1. The van der Waals surface area contributed by atoms with Crippen LogP contribution in [0.15, 0.2) is 14.7 Å². The van der Waals surface area contributed by atoms with Crippen molar-refractivity contribution in [1.82, 2.24) is 9.62 Å². The molecule has 0 aliphatic carbocycles. The molecule has 0 atom stereocenters. The van der Waals surface area contributed by atoms with Crippen LogP contribution in [0, 0.1) is 0 Å². The second-order valence-electron chi connectivity index (χ2n) is 5.09. The molecule has 0 aromatic carbocycles. The third-order valence-electron chi connectivity index (χ3n) is 3.06. The minimum Gasteiger partial charge on any atom is -0.477 e. The number of rotatable bonds is 6. The van der Waals surface area contributed by atoms with Crippen LogP contribution < -0.4 is 4.72 Å². The standard InChI is InChI=1S/C11H17BrN2O4S2/c1-11(2,14(3)4)6-13-20(17,18)8-5-7(10(15)16)19-9(8)12/h5,13H,6H2,1-4H3,(H,15,16). The molecule has 2 N–H and O–H groups in total. The van der Waals surface area contributed by atoms with Crippen LogP contribution in [0.5, 0.6) is 0 Å². The quantitative estimate of drug-likeness (QED) is 0.780. The molecule has 1 heterocycles. The highest BCUT2D eigenvalue weighted by molar-refractivity contribution is 9.11. The number of likely N-dealkylation sites (N-methyl/N-ethyl adjacent to an activating group) is 1. The van der Waals surface area contributed by atoms with Crippen molar-refractivity contribution in [2.24, 2.45) is 0 Å². The van der Waals surface area contributed by atoms with Crippen LogP contribution in [0.25, 0.3) is 0 Å². The van der Waals surface area contributed by atoms with Crippen molar-refractivity contribution in [3.05, 3.63) is 14.7 Å². The Balaban J connectivity index is 2.98. The molecular weight excluding hydrogens is 368 g/mol. The van der Waals surface area contributed by atoms with E-state index in [9.17, 15) is 13.2 Å². The van der Waals surface area contributed by atoms with Crippen LogP contribution in [0.4, 0.5) is 0 Å². The van der Waals surface area contributed by atoms with E-state index in [0.29, 0.717) is 0 Å². The molecule has 6 nitrogen and oxygen atoms in total. The summed E-state index contributed by atoms with van der Waals surface area (Å²) in [4.78, 5) is 12.7. The molecule has 1 rings (SSSR count). The van der Waals surface area contributed by atoms with Crippen molar-refractivity contribution in [1.29, 1.82) is 0 Å². The zero-order chi connectivity index (χ0) is 15.7. The third-order valence-corrected chi connectivity index (χ3v) is 6.70. The van der Waals surface area contributed by atoms with E-state index in [1.807, 2.05) is 32.8 Å². The highest BCUT2D eigenvalue weighted by atomic mass is 79.9. The summed E-state index contributed by atoms with van der Waals surface area (Å²) < 4.78 is 27.2.